The summed E-state index contributed by atoms with van der Waals surface area (Å²) in [5.74, 6) is -13.6. The third kappa shape index (κ3) is 4.31. The SMILES string of the molecule is BC(O)(c1ccc(F)c(CNc2cccc3c2CN(C2(O)C(=O)NC(=O)C(O)(O)C2(O)O)C3=O)c1)N1CCOCC1. The lowest BCUT2D eigenvalue weighted by molar-refractivity contribution is -0.407. The molecule has 3 aliphatic rings. The molecule has 2 unspecified atom stereocenters. The molecule has 0 bridgehead atoms. The van der Waals surface area contributed by atoms with Crippen molar-refractivity contribution >= 4 is 31.3 Å². The van der Waals surface area contributed by atoms with E-state index < -0.39 is 53.0 Å². The highest BCUT2D eigenvalue weighted by atomic mass is 19.1. The zero-order valence-electron chi connectivity index (χ0n) is 21.8. The van der Waals surface area contributed by atoms with Gasteiger partial charge in [0.25, 0.3) is 29.2 Å². The fourth-order valence-electron chi connectivity index (χ4n) is 5.28. The Labute approximate surface area is 233 Å². The van der Waals surface area contributed by atoms with Crippen LogP contribution in [0.15, 0.2) is 36.4 Å². The van der Waals surface area contributed by atoms with Crippen LogP contribution in [0.1, 0.15) is 27.0 Å². The average molecular weight is 574 g/mol. The maximum Gasteiger partial charge on any atom is 0.306 e. The number of halogens is 1. The largest absolute Gasteiger partial charge is 0.381 e. The molecule has 41 heavy (non-hydrogen) atoms. The van der Waals surface area contributed by atoms with Gasteiger partial charge in [-0.25, -0.2) is 4.39 Å². The van der Waals surface area contributed by atoms with Crippen molar-refractivity contribution in [2.75, 3.05) is 31.6 Å². The number of fused-ring (bicyclic) bond motifs is 1. The van der Waals surface area contributed by atoms with Gasteiger partial charge in [-0.15, -0.1) is 0 Å². The zero-order valence-corrected chi connectivity index (χ0v) is 21.8. The summed E-state index contributed by atoms with van der Waals surface area (Å²) in [5, 5.41) is 67.3. The van der Waals surface area contributed by atoms with Crippen LogP contribution in [0, 0.1) is 5.82 Å². The number of ether oxygens (including phenoxy) is 1. The molecular formula is C25H28BFN4O10. The van der Waals surface area contributed by atoms with Crippen LogP contribution < -0.4 is 10.6 Å². The van der Waals surface area contributed by atoms with Crippen molar-refractivity contribution in [3.8, 4) is 0 Å². The Morgan fingerprint density at radius 1 is 1.05 bits per heavy atom. The summed E-state index contributed by atoms with van der Waals surface area (Å²) in [6, 6.07) is 8.48. The first kappa shape index (κ1) is 29.0. The van der Waals surface area contributed by atoms with E-state index in [0.717, 1.165) is 0 Å². The zero-order chi connectivity index (χ0) is 30.0. The Bertz CT molecular complexity index is 1430. The molecule has 2 fully saturated rings. The molecule has 8 N–H and O–H groups in total. The Morgan fingerprint density at radius 3 is 2.41 bits per heavy atom. The van der Waals surface area contributed by atoms with Gasteiger partial charge in [0, 0.05) is 42.0 Å². The molecule has 0 radical (unpaired) electrons. The lowest BCUT2D eigenvalue weighted by atomic mass is 9.81. The van der Waals surface area contributed by atoms with E-state index in [1.165, 1.54) is 41.7 Å². The number of amides is 3. The minimum atomic E-state index is -4.22. The second kappa shape index (κ2) is 9.82. The van der Waals surface area contributed by atoms with Crippen molar-refractivity contribution < 1.29 is 54.2 Å². The van der Waals surface area contributed by atoms with Crippen molar-refractivity contribution in [3.63, 3.8) is 0 Å². The topological polar surface area (TPSA) is 212 Å². The number of aliphatic hydroxyl groups is 6. The van der Waals surface area contributed by atoms with Crippen molar-refractivity contribution in [1.82, 2.24) is 15.1 Å². The van der Waals surface area contributed by atoms with Gasteiger partial charge in [-0.05, 0) is 29.8 Å². The van der Waals surface area contributed by atoms with Gasteiger partial charge in [0.15, 0.2) is 7.85 Å². The van der Waals surface area contributed by atoms with Crippen LogP contribution in [0.5, 0.6) is 0 Å². The molecule has 3 heterocycles. The Kier molecular flexibility index (Phi) is 6.95. The highest BCUT2D eigenvalue weighted by molar-refractivity contribution is 6.14. The fourth-order valence-corrected chi connectivity index (χ4v) is 5.28. The van der Waals surface area contributed by atoms with Crippen LogP contribution in [0.3, 0.4) is 0 Å². The van der Waals surface area contributed by atoms with Crippen molar-refractivity contribution in [2.24, 2.45) is 0 Å². The van der Waals surface area contributed by atoms with Crippen LogP contribution in [-0.2, 0) is 33.0 Å². The number of rotatable bonds is 6. The number of hydrogen-bond acceptors (Lipinski definition) is 12. The molecule has 2 atom stereocenters. The molecule has 3 aliphatic heterocycles. The molecular weight excluding hydrogens is 546 g/mol. The molecule has 16 heteroatoms. The molecule has 14 nitrogen and oxygen atoms in total. The number of carbonyl (C=O) groups excluding carboxylic acids is 3. The van der Waals surface area contributed by atoms with Crippen LogP contribution in [-0.4, -0.2) is 110 Å². The summed E-state index contributed by atoms with van der Waals surface area (Å²) in [5.41, 5.74) is -4.16. The highest BCUT2D eigenvalue weighted by Gasteiger charge is 2.76. The van der Waals surface area contributed by atoms with Crippen LogP contribution >= 0.6 is 0 Å². The lowest BCUT2D eigenvalue weighted by Crippen LogP contribution is -2.85. The maximum atomic E-state index is 14.8. The molecule has 0 spiro atoms. The van der Waals surface area contributed by atoms with E-state index in [2.05, 4.69) is 5.32 Å². The summed E-state index contributed by atoms with van der Waals surface area (Å²) in [4.78, 5) is 39.6. The molecule has 2 aromatic rings. The van der Waals surface area contributed by atoms with Gasteiger partial charge in [-0.2, -0.15) is 0 Å². The van der Waals surface area contributed by atoms with Crippen molar-refractivity contribution in [1.29, 1.82) is 0 Å². The molecule has 2 saturated heterocycles. The summed E-state index contributed by atoms with van der Waals surface area (Å²) in [7, 11) is 1.60. The Balaban J connectivity index is 1.41. The number of benzene rings is 2. The van der Waals surface area contributed by atoms with Crippen LogP contribution in [0.25, 0.3) is 0 Å². The van der Waals surface area contributed by atoms with Gasteiger partial charge in [0.05, 0.1) is 19.8 Å². The van der Waals surface area contributed by atoms with E-state index in [1.54, 1.807) is 12.7 Å². The van der Waals surface area contributed by atoms with E-state index in [4.69, 9.17) is 4.74 Å². The first-order valence-electron chi connectivity index (χ1n) is 12.6. The minimum Gasteiger partial charge on any atom is -0.381 e. The summed E-state index contributed by atoms with van der Waals surface area (Å²) in [6.07, 6.45) is 0. The quantitative estimate of drug-likeness (QED) is 0.0948. The summed E-state index contributed by atoms with van der Waals surface area (Å²) < 4.78 is 20.1. The third-order valence-electron chi connectivity index (χ3n) is 7.88. The molecule has 0 aromatic heterocycles. The van der Waals surface area contributed by atoms with Crippen LogP contribution in [0.2, 0.25) is 0 Å². The van der Waals surface area contributed by atoms with Crippen molar-refractivity contribution in [2.45, 2.75) is 36.0 Å². The van der Waals surface area contributed by atoms with E-state index in [0.29, 0.717) is 31.9 Å². The first-order chi connectivity index (χ1) is 19.1. The predicted molar refractivity (Wildman–Crippen MR) is 137 cm³/mol. The van der Waals surface area contributed by atoms with Crippen LogP contribution in [0.4, 0.5) is 10.1 Å². The molecule has 3 amide bonds. The molecule has 218 valence electrons. The van der Waals surface area contributed by atoms with Gasteiger partial charge < -0.3 is 40.7 Å². The number of morpholine rings is 1. The van der Waals surface area contributed by atoms with Gasteiger partial charge in [0.2, 0.25) is 0 Å². The number of nitrogens with one attached hydrogen (secondary N) is 2. The number of hydrogen-bond donors (Lipinski definition) is 8. The monoisotopic (exact) mass is 574 g/mol. The highest BCUT2D eigenvalue weighted by Crippen LogP contribution is 2.42. The third-order valence-corrected chi connectivity index (χ3v) is 7.88. The second-order valence-electron chi connectivity index (χ2n) is 10.3. The van der Waals surface area contributed by atoms with Crippen molar-refractivity contribution in [3.05, 3.63) is 64.5 Å². The van der Waals surface area contributed by atoms with Gasteiger partial charge in [-0.1, -0.05) is 12.1 Å². The summed E-state index contributed by atoms with van der Waals surface area (Å²) >= 11 is 0. The van der Waals surface area contributed by atoms with E-state index in [9.17, 15) is 49.4 Å². The molecule has 5 rings (SSSR count). The second-order valence-corrected chi connectivity index (χ2v) is 10.3. The normalized spacial score (nSPS) is 25.4. The fraction of sp³-hybridized carbons (Fsp3) is 0.400. The predicted octanol–water partition coefficient (Wildman–Crippen LogP) is -3.83. The maximum absolute atomic E-state index is 14.8. The molecule has 0 saturated carbocycles. The number of imide groups is 1. The standard InChI is InChI=1S/C25H28BFN4O10/c26-24(38,30-6-8-41-9-7-30)14-4-5-17(27)13(10-14)11-28-18-3-1-2-15-16(18)12-31(19(15)32)22(35)20(33)29-21(34)23(36,37)25(22,39)40/h1-5,10,28,35-40H,6-9,11-12,26H2,(H,29,33,34). The molecule has 2 aromatic carbocycles. The van der Waals surface area contributed by atoms with E-state index in [1.807, 2.05) is 0 Å². The number of nitrogens with zero attached hydrogens (tertiary/aromatic N) is 2. The van der Waals surface area contributed by atoms with Gasteiger partial charge >= 0.3 is 5.79 Å². The van der Waals surface area contributed by atoms with E-state index in [-0.39, 0.29) is 33.8 Å². The number of anilines is 1. The summed E-state index contributed by atoms with van der Waals surface area (Å²) in [6.45, 7) is 1.09. The Morgan fingerprint density at radius 2 is 1.73 bits per heavy atom. The number of carbonyl (C=O) groups is 3. The smallest absolute Gasteiger partial charge is 0.306 e. The number of piperidine rings is 1. The average Bonchev–Trinajstić information content (AvgIpc) is 3.28. The minimum absolute atomic E-state index is 0.0881. The lowest BCUT2D eigenvalue weighted by Gasteiger charge is -2.50. The van der Waals surface area contributed by atoms with Gasteiger partial charge in [-0.3, -0.25) is 29.5 Å². The first-order valence-corrected chi connectivity index (χ1v) is 12.6. The Hall–Kier alpha value is -3.48. The van der Waals surface area contributed by atoms with E-state index >= 15 is 0 Å². The van der Waals surface area contributed by atoms with Gasteiger partial charge in [0.1, 0.15) is 11.4 Å². The molecule has 0 aliphatic carbocycles.